The molecule has 0 saturated carbocycles. The zero-order chi connectivity index (χ0) is 17.2. The number of hydrogen-bond acceptors (Lipinski definition) is 3. The minimum Gasteiger partial charge on any atom is -0.507 e. The first-order chi connectivity index (χ1) is 12.2. The predicted molar refractivity (Wildman–Crippen MR) is 101 cm³/mol. The molecule has 0 atom stereocenters. The van der Waals surface area contributed by atoms with Crippen LogP contribution in [-0.2, 0) is 0 Å². The van der Waals surface area contributed by atoms with E-state index in [4.69, 9.17) is 0 Å². The fourth-order valence-electron chi connectivity index (χ4n) is 2.99. The third-order valence-electron chi connectivity index (χ3n) is 4.09. The molecular weight excluding hydrogens is 310 g/mol. The van der Waals surface area contributed by atoms with Crippen LogP contribution in [0.25, 0.3) is 10.8 Å². The van der Waals surface area contributed by atoms with Crippen molar-refractivity contribution in [2.75, 3.05) is 4.90 Å². The van der Waals surface area contributed by atoms with Crippen LogP contribution in [0.4, 0.5) is 17.1 Å². The third kappa shape index (κ3) is 3.00. The van der Waals surface area contributed by atoms with Gasteiger partial charge in [-0.3, -0.25) is 0 Å². The molecule has 0 unspecified atom stereocenters. The molecule has 0 amide bonds. The molecule has 0 saturated heterocycles. The lowest BCUT2D eigenvalue weighted by atomic mass is 10.1. The van der Waals surface area contributed by atoms with Crippen LogP contribution in [0.2, 0.25) is 0 Å². The van der Waals surface area contributed by atoms with E-state index in [1.807, 2.05) is 53.4 Å². The second kappa shape index (κ2) is 6.21. The lowest BCUT2D eigenvalue weighted by Crippen LogP contribution is -2.09. The highest BCUT2D eigenvalue weighted by molar-refractivity contribution is 5.89. The lowest BCUT2D eigenvalue weighted by Gasteiger charge is -2.26. The highest BCUT2D eigenvalue weighted by Gasteiger charge is 2.14. The zero-order valence-electron chi connectivity index (χ0n) is 13.4. The summed E-state index contributed by atoms with van der Waals surface area (Å²) in [6.07, 6.45) is 0. The topological polar surface area (TPSA) is 43.7 Å². The van der Waals surface area contributed by atoms with Gasteiger partial charge in [0.2, 0.25) is 0 Å². The van der Waals surface area contributed by atoms with Gasteiger partial charge < -0.3 is 15.1 Å². The Kier molecular flexibility index (Phi) is 3.75. The van der Waals surface area contributed by atoms with Crippen LogP contribution in [0.1, 0.15) is 0 Å². The van der Waals surface area contributed by atoms with Crippen molar-refractivity contribution in [2.24, 2.45) is 0 Å². The molecule has 0 aromatic heterocycles. The Morgan fingerprint density at radius 3 is 1.92 bits per heavy atom. The van der Waals surface area contributed by atoms with Crippen LogP contribution >= 0.6 is 0 Å². The number of para-hydroxylation sites is 1. The van der Waals surface area contributed by atoms with Crippen molar-refractivity contribution in [1.82, 2.24) is 0 Å². The van der Waals surface area contributed by atoms with E-state index in [9.17, 15) is 10.2 Å². The quantitative estimate of drug-likeness (QED) is 0.521. The van der Waals surface area contributed by atoms with Gasteiger partial charge in [0.05, 0.1) is 11.8 Å². The summed E-state index contributed by atoms with van der Waals surface area (Å²) in [4.78, 5) is 1.99. The van der Waals surface area contributed by atoms with Crippen LogP contribution in [0.15, 0.2) is 84.9 Å². The van der Waals surface area contributed by atoms with Crippen LogP contribution in [0, 0.1) is 6.07 Å². The normalized spacial score (nSPS) is 10.7. The minimum absolute atomic E-state index is 0.100. The van der Waals surface area contributed by atoms with Crippen molar-refractivity contribution in [3.63, 3.8) is 0 Å². The van der Waals surface area contributed by atoms with Gasteiger partial charge in [0, 0.05) is 23.5 Å². The summed E-state index contributed by atoms with van der Waals surface area (Å²) < 4.78 is 0. The summed E-state index contributed by atoms with van der Waals surface area (Å²) >= 11 is 0. The Bertz CT molecular complexity index is 1010. The predicted octanol–water partition coefficient (Wildman–Crippen LogP) is 5.52. The highest BCUT2D eigenvalue weighted by Crippen LogP contribution is 2.38. The highest BCUT2D eigenvalue weighted by atomic mass is 16.3. The summed E-state index contributed by atoms with van der Waals surface area (Å²) in [6, 6.07) is 29.8. The molecule has 25 heavy (non-hydrogen) atoms. The van der Waals surface area contributed by atoms with Gasteiger partial charge in [-0.1, -0.05) is 48.5 Å². The SMILES string of the molecule is Oc1[c]c(O)cc(N(c2ccccc2)c2ccc3ccccc3c2)c1. The third-order valence-corrected chi connectivity index (χ3v) is 4.09. The Morgan fingerprint density at radius 2 is 1.20 bits per heavy atom. The summed E-state index contributed by atoms with van der Waals surface area (Å²) in [6.45, 7) is 0. The van der Waals surface area contributed by atoms with E-state index in [-0.39, 0.29) is 11.5 Å². The maximum atomic E-state index is 9.87. The van der Waals surface area contributed by atoms with Crippen molar-refractivity contribution in [2.45, 2.75) is 0 Å². The van der Waals surface area contributed by atoms with Gasteiger partial charge in [-0.25, -0.2) is 0 Å². The molecule has 0 heterocycles. The Labute approximate surface area is 146 Å². The van der Waals surface area contributed by atoms with E-state index in [1.165, 1.54) is 0 Å². The average Bonchev–Trinajstić information content (AvgIpc) is 2.62. The summed E-state index contributed by atoms with van der Waals surface area (Å²) in [7, 11) is 0. The van der Waals surface area contributed by atoms with Crippen molar-refractivity contribution in [1.29, 1.82) is 0 Å². The van der Waals surface area contributed by atoms with Gasteiger partial charge in [0.25, 0.3) is 0 Å². The van der Waals surface area contributed by atoms with Crippen LogP contribution in [0.3, 0.4) is 0 Å². The van der Waals surface area contributed by atoms with Gasteiger partial charge in [0.15, 0.2) is 0 Å². The molecule has 0 aliphatic heterocycles. The largest absolute Gasteiger partial charge is 0.507 e. The minimum atomic E-state index is -0.100. The van der Waals surface area contributed by atoms with E-state index in [0.717, 1.165) is 22.1 Å². The first kappa shape index (κ1) is 15.1. The van der Waals surface area contributed by atoms with E-state index in [1.54, 1.807) is 12.1 Å². The number of fused-ring (bicyclic) bond motifs is 1. The molecule has 4 aromatic carbocycles. The number of anilines is 3. The van der Waals surface area contributed by atoms with Crippen LogP contribution in [0.5, 0.6) is 11.5 Å². The van der Waals surface area contributed by atoms with Gasteiger partial charge in [-0.15, -0.1) is 0 Å². The Balaban J connectivity index is 1.93. The molecule has 2 N–H and O–H groups in total. The van der Waals surface area contributed by atoms with Gasteiger partial charge in [-0.2, -0.15) is 0 Å². The molecule has 121 valence electrons. The molecule has 0 bridgehead atoms. The second-order valence-electron chi connectivity index (χ2n) is 5.81. The van der Waals surface area contributed by atoms with Gasteiger partial charge in [-0.05, 0) is 35.0 Å². The van der Waals surface area contributed by atoms with Gasteiger partial charge in [0.1, 0.15) is 11.5 Å². The summed E-state index contributed by atoms with van der Waals surface area (Å²) in [5.74, 6) is -0.201. The number of phenols is 2. The Hall–Kier alpha value is -3.46. The monoisotopic (exact) mass is 326 g/mol. The number of benzene rings is 4. The fourth-order valence-corrected chi connectivity index (χ4v) is 2.99. The number of hydrogen-bond donors (Lipinski definition) is 2. The van der Waals surface area contributed by atoms with Crippen molar-refractivity contribution in [3.05, 3.63) is 91.0 Å². The number of rotatable bonds is 3. The number of aromatic hydroxyl groups is 2. The molecule has 0 fully saturated rings. The average molecular weight is 326 g/mol. The van der Waals surface area contributed by atoms with E-state index in [2.05, 4.69) is 30.3 Å². The van der Waals surface area contributed by atoms with E-state index >= 15 is 0 Å². The van der Waals surface area contributed by atoms with Gasteiger partial charge >= 0.3 is 0 Å². The number of nitrogens with zero attached hydrogens (tertiary/aromatic N) is 1. The van der Waals surface area contributed by atoms with E-state index in [0.29, 0.717) is 5.69 Å². The first-order valence-electron chi connectivity index (χ1n) is 8.00. The molecule has 1 radical (unpaired) electrons. The van der Waals surface area contributed by atoms with Crippen LogP contribution < -0.4 is 4.90 Å². The smallest absolute Gasteiger partial charge is 0.129 e. The molecule has 0 aliphatic rings. The maximum Gasteiger partial charge on any atom is 0.129 e. The molecule has 3 nitrogen and oxygen atoms in total. The molecule has 4 aromatic rings. The molecule has 3 heteroatoms. The fraction of sp³-hybridized carbons (Fsp3) is 0. The van der Waals surface area contributed by atoms with Crippen molar-refractivity contribution in [3.8, 4) is 11.5 Å². The lowest BCUT2D eigenvalue weighted by molar-refractivity contribution is 0.449. The van der Waals surface area contributed by atoms with Crippen molar-refractivity contribution < 1.29 is 10.2 Å². The zero-order valence-corrected chi connectivity index (χ0v) is 13.4. The summed E-state index contributed by atoms with van der Waals surface area (Å²) in [5.41, 5.74) is 2.54. The standard InChI is InChI=1S/C22H16NO2/c24-21-13-20(14-22(25)15-21)23(18-8-2-1-3-9-18)19-11-10-16-6-4-5-7-17(16)12-19/h1-14,24-25H. The molecule has 0 aliphatic carbocycles. The Morgan fingerprint density at radius 1 is 0.560 bits per heavy atom. The first-order valence-corrected chi connectivity index (χ1v) is 8.00. The van der Waals surface area contributed by atoms with Crippen molar-refractivity contribution >= 4 is 27.8 Å². The summed E-state index contributed by atoms with van der Waals surface area (Å²) in [5, 5.41) is 22.0. The second-order valence-corrected chi connectivity index (χ2v) is 5.81. The molecular formula is C22H16NO2. The maximum absolute atomic E-state index is 9.87. The molecule has 4 rings (SSSR count). The van der Waals surface area contributed by atoms with E-state index < -0.39 is 0 Å². The molecule has 0 spiro atoms. The van der Waals surface area contributed by atoms with Crippen LogP contribution in [-0.4, -0.2) is 10.2 Å². The number of phenolic OH excluding ortho intramolecular Hbond substituents is 2.